The molecule has 90 valence electrons. The molecule has 0 radical (unpaired) electrons. The van der Waals surface area contributed by atoms with Crippen LogP contribution in [-0.2, 0) is 0 Å². The average Bonchev–Trinajstić information content (AvgIpc) is 2.77. The first-order valence-corrected chi connectivity index (χ1v) is 6.60. The fourth-order valence-corrected chi connectivity index (χ4v) is 2.56. The van der Waals surface area contributed by atoms with E-state index in [1.807, 2.05) is 5.38 Å². The second kappa shape index (κ2) is 4.88. The van der Waals surface area contributed by atoms with Gasteiger partial charge in [0.1, 0.15) is 5.01 Å². The average molecular weight is 247 g/mol. The van der Waals surface area contributed by atoms with E-state index in [4.69, 9.17) is 4.74 Å². The molecular formula is C14H17NOS. The number of benzene rings is 1. The quantitative estimate of drug-likeness (QED) is 0.809. The summed E-state index contributed by atoms with van der Waals surface area (Å²) in [5.74, 6) is 1.23. The van der Waals surface area contributed by atoms with Crippen LogP contribution in [0.3, 0.4) is 0 Å². The van der Waals surface area contributed by atoms with Gasteiger partial charge >= 0.3 is 0 Å². The molecule has 0 amide bonds. The highest BCUT2D eigenvalue weighted by Gasteiger charge is 2.09. The van der Waals surface area contributed by atoms with Crippen molar-refractivity contribution in [3.63, 3.8) is 0 Å². The van der Waals surface area contributed by atoms with E-state index in [1.165, 1.54) is 16.7 Å². The molecule has 2 aromatic rings. The summed E-state index contributed by atoms with van der Waals surface area (Å²) in [6, 6.07) is 6.59. The second-order valence-corrected chi connectivity index (χ2v) is 5.28. The van der Waals surface area contributed by atoms with Crippen molar-refractivity contribution in [1.29, 1.82) is 0 Å². The molecule has 0 aliphatic carbocycles. The molecule has 1 aromatic carbocycles. The molecule has 0 aliphatic heterocycles. The van der Waals surface area contributed by atoms with E-state index in [-0.39, 0.29) is 0 Å². The summed E-state index contributed by atoms with van der Waals surface area (Å²) >= 11 is 1.63. The lowest BCUT2D eigenvalue weighted by atomic mass is 9.98. The van der Waals surface area contributed by atoms with Gasteiger partial charge in [-0.1, -0.05) is 26.0 Å². The first-order chi connectivity index (χ1) is 8.11. The van der Waals surface area contributed by atoms with Crippen molar-refractivity contribution >= 4 is 11.3 Å². The van der Waals surface area contributed by atoms with Crippen LogP contribution in [-0.4, -0.2) is 12.1 Å². The molecule has 0 N–H and O–H groups in total. The van der Waals surface area contributed by atoms with Gasteiger partial charge in [0.15, 0.2) is 0 Å². The maximum Gasteiger partial charge on any atom is 0.224 e. The number of aromatic nitrogens is 1. The van der Waals surface area contributed by atoms with Crippen molar-refractivity contribution in [2.24, 2.45) is 0 Å². The summed E-state index contributed by atoms with van der Waals surface area (Å²) in [6.07, 6.45) is 0. The Morgan fingerprint density at radius 1 is 1.29 bits per heavy atom. The van der Waals surface area contributed by atoms with Crippen LogP contribution in [0.5, 0.6) is 5.88 Å². The zero-order chi connectivity index (χ0) is 12.4. The van der Waals surface area contributed by atoms with Crippen LogP contribution in [0.15, 0.2) is 23.6 Å². The molecule has 1 heterocycles. The molecule has 17 heavy (non-hydrogen) atoms. The zero-order valence-electron chi connectivity index (χ0n) is 10.7. The van der Waals surface area contributed by atoms with Gasteiger partial charge in [-0.25, -0.2) is 4.98 Å². The molecule has 0 unspecified atom stereocenters. The summed E-state index contributed by atoms with van der Waals surface area (Å²) in [5.41, 5.74) is 3.82. The molecule has 1 aromatic heterocycles. The minimum atomic E-state index is 0.538. The van der Waals surface area contributed by atoms with E-state index < -0.39 is 0 Å². The normalized spacial score (nSPS) is 10.9. The van der Waals surface area contributed by atoms with Crippen molar-refractivity contribution in [1.82, 2.24) is 4.98 Å². The van der Waals surface area contributed by atoms with Gasteiger partial charge < -0.3 is 4.74 Å². The van der Waals surface area contributed by atoms with Crippen molar-refractivity contribution in [3.8, 4) is 16.5 Å². The van der Waals surface area contributed by atoms with E-state index in [0.29, 0.717) is 11.8 Å². The first kappa shape index (κ1) is 12.1. The Morgan fingerprint density at radius 2 is 2.06 bits per heavy atom. The highest BCUT2D eigenvalue weighted by molar-refractivity contribution is 7.13. The predicted octanol–water partition coefficient (Wildman–Crippen LogP) is 4.25. The van der Waals surface area contributed by atoms with Crippen molar-refractivity contribution in [2.45, 2.75) is 26.7 Å². The van der Waals surface area contributed by atoms with Crippen LogP contribution in [0, 0.1) is 6.92 Å². The fourth-order valence-electron chi connectivity index (χ4n) is 1.71. The van der Waals surface area contributed by atoms with Gasteiger partial charge in [0, 0.05) is 5.56 Å². The minimum Gasteiger partial charge on any atom is -0.480 e. The maximum atomic E-state index is 5.13. The third-order valence-electron chi connectivity index (χ3n) is 2.85. The second-order valence-electron chi connectivity index (χ2n) is 4.42. The molecule has 0 aliphatic rings. The number of ether oxygens (including phenoxy) is 1. The van der Waals surface area contributed by atoms with Crippen molar-refractivity contribution in [3.05, 3.63) is 34.7 Å². The third kappa shape index (κ3) is 2.50. The summed E-state index contributed by atoms with van der Waals surface area (Å²) in [7, 11) is 1.65. The monoisotopic (exact) mass is 247 g/mol. The van der Waals surface area contributed by atoms with Crippen molar-refractivity contribution in [2.75, 3.05) is 7.11 Å². The van der Waals surface area contributed by atoms with Gasteiger partial charge in [-0.2, -0.15) is 0 Å². The number of hydrogen-bond donors (Lipinski definition) is 0. The summed E-state index contributed by atoms with van der Waals surface area (Å²) < 4.78 is 5.13. The fraction of sp³-hybridized carbons (Fsp3) is 0.357. The highest BCUT2D eigenvalue weighted by atomic mass is 32.1. The predicted molar refractivity (Wildman–Crippen MR) is 72.9 cm³/mol. The standard InChI is InChI=1S/C14H17NOS/c1-9(2)11-6-5-10(3)12(7-11)14-15-13(16-4)8-17-14/h5-9H,1-4H3. The van der Waals surface area contributed by atoms with E-state index in [0.717, 1.165) is 5.01 Å². The highest BCUT2D eigenvalue weighted by Crippen LogP contribution is 2.31. The van der Waals surface area contributed by atoms with Gasteiger partial charge in [0.05, 0.1) is 12.5 Å². The Morgan fingerprint density at radius 3 is 2.65 bits per heavy atom. The summed E-state index contributed by atoms with van der Waals surface area (Å²) in [5, 5.41) is 2.97. The van der Waals surface area contributed by atoms with Gasteiger partial charge in [0.25, 0.3) is 0 Å². The first-order valence-electron chi connectivity index (χ1n) is 5.72. The number of aryl methyl sites for hydroxylation is 1. The lowest BCUT2D eigenvalue weighted by molar-refractivity contribution is 0.401. The van der Waals surface area contributed by atoms with Crippen LogP contribution in [0.2, 0.25) is 0 Å². The number of thiazole rings is 1. The van der Waals surface area contributed by atoms with E-state index >= 15 is 0 Å². The lowest BCUT2D eigenvalue weighted by Crippen LogP contribution is -1.91. The van der Waals surface area contributed by atoms with E-state index in [2.05, 4.69) is 44.0 Å². The van der Waals surface area contributed by atoms with Crippen LogP contribution in [0.25, 0.3) is 10.6 Å². The third-order valence-corrected chi connectivity index (χ3v) is 3.70. The van der Waals surface area contributed by atoms with Gasteiger partial charge in [-0.3, -0.25) is 0 Å². The Balaban J connectivity index is 2.46. The Bertz CT molecular complexity index is 517. The Hall–Kier alpha value is -1.35. The molecule has 0 fully saturated rings. The molecule has 0 atom stereocenters. The number of nitrogens with zero attached hydrogens (tertiary/aromatic N) is 1. The lowest BCUT2D eigenvalue weighted by Gasteiger charge is -2.09. The largest absolute Gasteiger partial charge is 0.480 e. The molecule has 3 heteroatoms. The molecule has 2 rings (SSSR count). The van der Waals surface area contributed by atoms with Crippen LogP contribution >= 0.6 is 11.3 Å². The van der Waals surface area contributed by atoms with Gasteiger partial charge in [-0.05, 0) is 30.0 Å². The van der Waals surface area contributed by atoms with E-state index in [9.17, 15) is 0 Å². The number of methoxy groups -OCH3 is 1. The van der Waals surface area contributed by atoms with Crippen LogP contribution in [0.1, 0.15) is 30.9 Å². The molecule has 0 saturated carbocycles. The number of rotatable bonds is 3. The maximum absolute atomic E-state index is 5.13. The molecule has 0 spiro atoms. The zero-order valence-corrected chi connectivity index (χ0v) is 11.5. The SMILES string of the molecule is COc1csc(-c2cc(C(C)C)ccc2C)n1. The Labute approximate surface area is 106 Å². The van der Waals surface area contributed by atoms with Crippen LogP contribution in [0.4, 0.5) is 0 Å². The molecular weight excluding hydrogens is 230 g/mol. The van der Waals surface area contributed by atoms with Crippen molar-refractivity contribution < 1.29 is 4.74 Å². The summed E-state index contributed by atoms with van der Waals surface area (Å²) in [4.78, 5) is 4.46. The molecule has 0 bridgehead atoms. The van der Waals surface area contributed by atoms with E-state index in [1.54, 1.807) is 18.4 Å². The minimum absolute atomic E-state index is 0.538. The number of hydrogen-bond acceptors (Lipinski definition) is 3. The summed E-state index contributed by atoms with van der Waals surface area (Å²) in [6.45, 7) is 6.53. The Kier molecular flexibility index (Phi) is 3.48. The smallest absolute Gasteiger partial charge is 0.224 e. The molecule has 2 nitrogen and oxygen atoms in total. The topological polar surface area (TPSA) is 22.1 Å². The van der Waals surface area contributed by atoms with Crippen LogP contribution < -0.4 is 4.74 Å². The van der Waals surface area contributed by atoms with Gasteiger partial charge in [0.2, 0.25) is 5.88 Å². The molecule has 0 saturated heterocycles. The van der Waals surface area contributed by atoms with Gasteiger partial charge in [-0.15, -0.1) is 11.3 Å².